The summed E-state index contributed by atoms with van der Waals surface area (Å²) < 4.78 is 53.0. The molecule has 0 unspecified atom stereocenters. The zero-order valence-electron chi connectivity index (χ0n) is 15.4. The van der Waals surface area contributed by atoms with Gasteiger partial charge in [0.25, 0.3) is 0 Å². The first kappa shape index (κ1) is 19.0. The van der Waals surface area contributed by atoms with E-state index < -0.39 is 18.4 Å². The Balaban J connectivity index is 1.98. The maximum Gasteiger partial charge on any atom is 0.417 e. The standard InChI is InChI=1S/C22H15F4N3/c1-12-6-14(10-23)8-16(7-12)29-19-13(2)17-4-3-5-27-20(17)21-18(19)9-15(11-28-21)22(24,25)26/h3-9,11H,2,10H2,1H3. The Bertz CT molecular complexity index is 1160. The molecule has 1 aliphatic carbocycles. The molecule has 3 nitrogen and oxygen atoms in total. The Labute approximate surface area is 164 Å². The molecular formula is C22H15F4N3. The van der Waals surface area contributed by atoms with Crippen LogP contribution >= 0.6 is 0 Å². The minimum absolute atomic E-state index is 0.194. The van der Waals surface area contributed by atoms with Gasteiger partial charge in [-0.05, 0) is 42.3 Å². The van der Waals surface area contributed by atoms with Gasteiger partial charge < -0.3 is 0 Å². The first-order chi connectivity index (χ1) is 13.8. The lowest BCUT2D eigenvalue weighted by molar-refractivity contribution is -0.137. The van der Waals surface area contributed by atoms with E-state index in [-0.39, 0.29) is 11.3 Å². The number of aryl methyl sites for hydroxylation is 1. The van der Waals surface area contributed by atoms with Gasteiger partial charge in [-0.25, -0.2) is 9.38 Å². The first-order valence-electron chi connectivity index (χ1n) is 8.76. The molecule has 0 N–H and O–H groups in total. The maximum absolute atomic E-state index is 13.3. The SMILES string of the molecule is C=C1C(=Nc2cc(C)cc(CF)c2)c2cc(C(F)(F)F)cnc2-c2ncccc21. The minimum Gasteiger partial charge on any atom is -0.254 e. The van der Waals surface area contributed by atoms with Gasteiger partial charge in [-0.15, -0.1) is 0 Å². The van der Waals surface area contributed by atoms with Crippen LogP contribution in [0, 0.1) is 6.92 Å². The molecule has 3 aromatic rings. The van der Waals surface area contributed by atoms with Crippen molar-refractivity contribution in [3.05, 3.63) is 83.2 Å². The molecule has 2 aromatic heterocycles. The molecule has 7 heteroatoms. The summed E-state index contributed by atoms with van der Waals surface area (Å²) >= 11 is 0. The predicted molar refractivity (Wildman–Crippen MR) is 104 cm³/mol. The van der Waals surface area contributed by atoms with Gasteiger partial charge in [-0.1, -0.05) is 18.7 Å². The Kier molecular flexibility index (Phi) is 4.53. The average Bonchev–Trinajstić information content (AvgIpc) is 2.69. The van der Waals surface area contributed by atoms with Crippen molar-refractivity contribution in [3.63, 3.8) is 0 Å². The Morgan fingerprint density at radius 2 is 1.79 bits per heavy atom. The fraction of sp³-hybridized carbons (Fsp3) is 0.136. The van der Waals surface area contributed by atoms with Crippen molar-refractivity contribution in [1.82, 2.24) is 9.97 Å². The smallest absolute Gasteiger partial charge is 0.254 e. The fourth-order valence-electron chi connectivity index (χ4n) is 3.36. The lowest BCUT2D eigenvalue weighted by Crippen LogP contribution is -2.17. The zero-order valence-corrected chi connectivity index (χ0v) is 15.4. The minimum atomic E-state index is -4.55. The monoisotopic (exact) mass is 397 g/mol. The molecule has 0 atom stereocenters. The molecule has 0 radical (unpaired) electrons. The summed E-state index contributed by atoms with van der Waals surface area (Å²) in [5.41, 5.74) is 3.07. The molecule has 29 heavy (non-hydrogen) atoms. The van der Waals surface area contributed by atoms with Gasteiger partial charge in [-0.2, -0.15) is 13.2 Å². The first-order valence-corrected chi connectivity index (χ1v) is 8.76. The third-order valence-corrected chi connectivity index (χ3v) is 4.63. The molecule has 146 valence electrons. The third kappa shape index (κ3) is 3.44. The van der Waals surface area contributed by atoms with Crippen LogP contribution in [0.15, 0.2) is 60.4 Å². The van der Waals surface area contributed by atoms with Crippen molar-refractivity contribution in [3.8, 4) is 11.4 Å². The van der Waals surface area contributed by atoms with Crippen molar-refractivity contribution < 1.29 is 17.6 Å². The zero-order chi connectivity index (χ0) is 20.8. The summed E-state index contributed by atoms with van der Waals surface area (Å²) in [6, 6.07) is 9.48. The highest BCUT2D eigenvalue weighted by Crippen LogP contribution is 2.40. The van der Waals surface area contributed by atoms with Crippen LogP contribution in [0.3, 0.4) is 0 Å². The molecule has 2 heterocycles. The fourth-order valence-corrected chi connectivity index (χ4v) is 3.36. The average molecular weight is 397 g/mol. The summed E-state index contributed by atoms with van der Waals surface area (Å²) in [5.74, 6) is 0. The highest BCUT2D eigenvalue weighted by molar-refractivity contribution is 6.36. The van der Waals surface area contributed by atoms with E-state index in [9.17, 15) is 17.6 Å². The van der Waals surface area contributed by atoms with Gasteiger partial charge in [0.2, 0.25) is 0 Å². The van der Waals surface area contributed by atoms with Crippen molar-refractivity contribution in [1.29, 1.82) is 0 Å². The van der Waals surface area contributed by atoms with Crippen LogP contribution in [-0.2, 0) is 12.9 Å². The molecule has 4 rings (SSSR count). The summed E-state index contributed by atoms with van der Waals surface area (Å²) in [7, 11) is 0. The lowest BCUT2D eigenvalue weighted by Gasteiger charge is -2.23. The number of halogens is 4. The summed E-state index contributed by atoms with van der Waals surface area (Å²) in [6.45, 7) is 5.17. The highest BCUT2D eigenvalue weighted by atomic mass is 19.4. The van der Waals surface area contributed by atoms with E-state index in [0.717, 1.165) is 17.8 Å². The van der Waals surface area contributed by atoms with E-state index >= 15 is 0 Å². The van der Waals surface area contributed by atoms with Gasteiger partial charge in [0.1, 0.15) is 6.67 Å². The van der Waals surface area contributed by atoms with Crippen LogP contribution in [0.1, 0.15) is 27.8 Å². The van der Waals surface area contributed by atoms with Crippen LogP contribution in [-0.4, -0.2) is 15.7 Å². The number of pyridine rings is 2. The van der Waals surface area contributed by atoms with E-state index in [1.165, 1.54) is 0 Å². The van der Waals surface area contributed by atoms with Gasteiger partial charge in [0, 0.05) is 29.1 Å². The highest BCUT2D eigenvalue weighted by Gasteiger charge is 2.34. The molecule has 0 saturated carbocycles. The second-order valence-electron chi connectivity index (χ2n) is 6.77. The van der Waals surface area contributed by atoms with Crippen LogP contribution in [0.25, 0.3) is 17.0 Å². The van der Waals surface area contributed by atoms with Crippen molar-refractivity contribution in [2.24, 2.45) is 4.99 Å². The van der Waals surface area contributed by atoms with Gasteiger partial charge in [0.15, 0.2) is 0 Å². The number of allylic oxidation sites excluding steroid dienone is 1. The topological polar surface area (TPSA) is 38.1 Å². The maximum atomic E-state index is 13.3. The largest absolute Gasteiger partial charge is 0.417 e. The molecule has 0 amide bonds. The molecule has 0 spiro atoms. The quantitative estimate of drug-likeness (QED) is 0.491. The summed E-state index contributed by atoms with van der Waals surface area (Å²) in [5, 5.41) is 0. The molecule has 0 bridgehead atoms. The number of aliphatic imine (C=N–C) groups is 1. The van der Waals surface area contributed by atoms with Crippen LogP contribution in [0.4, 0.5) is 23.2 Å². The van der Waals surface area contributed by atoms with E-state index in [0.29, 0.717) is 33.8 Å². The van der Waals surface area contributed by atoms with Crippen LogP contribution < -0.4 is 0 Å². The van der Waals surface area contributed by atoms with Crippen molar-refractivity contribution in [2.45, 2.75) is 19.8 Å². The molecular weight excluding hydrogens is 382 g/mol. The second kappa shape index (κ2) is 6.92. The Hall–Kier alpha value is -3.35. The molecule has 0 saturated heterocycles. The second-order valence-corrected chi connectivity index (χ2v) is 6.77. The summed E-state index contributed by atoms with van der Waals surface area (Å²) in [6.07, 6.45) is -2.22. The van der Waals surface area contributed by atoms with Gasteiger partial charge in [0.05, 0.1) is 28.4 Å². The number of aromatic nitrogens is 2. The number of benzene rings is 1. The predicted octanol–water partition coefficient (Wildman–Crippen LogP) is 6.09. The van der Waals surface area contributed by atoms with E-state index in [1.54, 1.807) is 43.5 Å². The number of rotatable bonds is 2. The van der Waals surface area contributed by atoms with E-state index in [1.807, 2.05) is 0 Å². The molecule has 0 aliphatic heterocycles. The normalized spacial score (nSPS) is 14.7. The molecule has 0 fully saturated rings. The number of fused-ring (bicyclic) bond motifs is 3. The lowest BCUT2D eigenvalue weighted by atomic mass is 9.86. The van der Waals surface area contributed by atoms with Crippen molar-refractivity contribution >= 4 is 17.0 Å². The van der Waals surface area contributed by atoms with E-state index in [4.69, 9.17) is 0 Å². The number of hydrogen-bond donors (Lipinski definition) is 0. The van der Waals surface area contributed by atoms with Crippen molar-refractivity contribution in [2.75, 3.05) is 0 Å². The number of nitrogens with zero attached hydrogens (tertiary/aromatic N) is 3. The van der Waals surface area contributed by atoms with E-state index in [2.05, 4.69) is 21.5 Å². The summed E-state index contributed by atoms with van der Waals surface area (Å²) in [4.78, 5) is 12.9. The third-order valence-electron chi connectivity index (χ3n) is 4.63. The van der Waals surface area contributed by atoms with Crippen LogP contribution in [0.2, 0.25) is 0 Å². The number of hydrogen-bond acceptors (Lipinski definition) is 3. The van der Waals surface area contributed by atoms with Gasteiger partial charge >= 0.3 is 6.18 Å². The molecule has 1 aromatic carbocycles. The van der Waals surface area contributed by atoms with Gasteiger partial charge in [-0.3, -0.25) is 9.97 Å². The Morgan fingerprint density at radius 3 is 2.52 bits per heavy atom. The number of alkyl halides is 4. The van der Waals surface area contributed by atoms with Crippen LogP contribution in [0.5, 0.6) is 0 Å². The molecule has 1 aliphatic rings. The Morgan fingerprint density at radius 1 is 1.03 bits per heavy atom.